The van der Waals surface area contributed by atoms with Gasteiger partial charge in [-0.25, -0.2) is 4.39 Å². The largest absolute Gasteiger partial charge is 0.494 e. The van der Waals surface area contributed by atoms with E-state index in [1.54, 1.807) is 35.2 Å². The number of hydrogen-bond acceptors (Lipinski definition) is 4. The van der Waals surface area contributed by atoms with Gasteiger partial charge in [0.1, 0.15) is 0 Å². The van der Waals surface area contributed by atoms with Crippen LogP contribution in [-0.2, 0) is 6.54 Å². The van der Waals surface area contributed by atoms with Crippen molar-refractivity contribution in [2.24, 2.45) is 0 Å². The molecule has 0 spiro atoms. The van der Waals surface area contributed by atoms with Gasteiger partial charge in [0.15, 0.2) is 11.6 Å². The van der Waals surface area contributed by atoms with Crippen molar-refractivity contribution >= 4 is 17.0 Å². The summed E-state index contributed by atoms with van der Waals surface area (Å²) in [6, 6.07) is 4.80. The highest BCUT2D eigenvalue weighted by atomic mass is 32.1. The van der Waals surface area contributed by atoms with Gasteiger partial charge < -0.3 is 10.1 Å². The molecule has 0 saturated carbocycles. The Morgan fingerprint density at radius 2 is 2.38 bits per heavy atom. The van der Waals surface area contributed by atoms with Gasteiger partial charge in [0.2, 0.25) is 0 Å². The SMILES string of the molecule is COc1ccc(NCc2cncs2)cc1F. The molecule has 84 valence electrons. The second kappa shape index (κ2) is 4.94. The lowest BCUT2D eigenvalue weighted by molar-refractivity contribution is 0.386. The summed E-state index contributed by atoms with van der Waals surface area (Å²) in [5.41, 5.74) is 2.50. The van der Waals surface area contributed by atoms with Crippen LogP contribution >= 0.6 is 11.3 Å². The monoisotopic (exact) mass is 238 g/mol. The average Bonchev–Trinajstić information content (AvgIpc) is 2.79. The molecular weight excluding hydrogens is 227 g/mol. The molecule has 0 saturated heterocycles. The van der Waals surface area contributed by atoms with Crippen molar-refractivity contribution in [3.63, 3.8) is 0 Å². The lowest BCUT2D eigenvalue weighted by atomic mass is 10.3. The molecule has 0 radical (unpaired) electrons. The molecule has 0 aliphatic carbocycles. The van der Waals surface area contributed by atoms with Crippen LogP contribution in [0.2, 0.25) is 0 Å². The lowest BCUT2D eigenvalue weighted by Crippen LogP contribution is -1.98. The Kier molecular flexibility index (Phi) is 3.36. The van der Waals surface area contributed by atoms with Gasteiger partial charge in [-0.3, -0.25) is 4.98 Å². The van der Waals surface area contributed by atoms with Crippen LogP contribution in [0.1, 0.15) is 4.88 Å². The quantitative estimate of drug-likeness (QED) is 0.889. The fraction of sp³-hybridized carbons (Fsp3) is 0.182. The number of anilines is 1. The van der Waals surface area contributed by atoms with Crippen LogP contribution in [-0.4, -0.2) is 12.1 Å². The topological polar surface area (TPSA) is 34.1 Å². The summed E-state index contributed by atoms with van der Waals surface area (Å²) in [4.78, 5) is 5.07. The van der Waals surface area contributed by atoms with E-state index in [9.17, 15) is 4.39 Å². The molecule has 0 amide bonds. The average molecular weight is 238 g/mol. The van der Waals surface area contributed by atoms with Crippen molar-refractivity contribution < 1.29 is 9.13 Å². The minimum Gasteiger partial charge on any atom is -0.494 e. The molecule has 0 bridgehead atoms. The molecule has 3 nitrogen and oxygen atoms in total. The Morgan fingerprint density at radius 1 is 1.50 bits per heavy atom. The second-order valence-corrected chi connectivity index (χ2v) is 4.14. The van der Waals surface area contributed by atoms with Crippen molar-refractivity contribution in [1.29, 1.82) is 0 Å². The summed E-state index contributed by atoms with van der Waals surface area (Å²) in [6.07, 6.45) is 1.79. The lowest BCUT2D eigenvalue weighted by Gasteiger charge is -2.06. The smallest absolute Gasteiger partial charge is 0.167 e. The van der Waals surface area contributed by atoms with Gasteiger partial charge in [-0.1, -0.05) is 0 Å². The molecule has 0 aliphatic rings. The first-order chi connectivity index (χ1) is 7.79. The normalized spacial score (nSPS) is 10.1. The molecule has 0 fully saturated rings. The van der Waals surface area contributed by atoms with Gasteiger partial charge in [-0.05, 0) is 12.1 Å². The van der Waals surface area contributed by atoms with Gasteiger partial charge >= 0.3 is 0 Å². The van der Waals surface area contributed by atoms with E-state index in [2.05, 4.69) is 10.3 Å². The van der Waals surface area contributed by atoms with E-state index in [1.165, 1.54) is 13.2 Å². The maximum Gasteiger partial charge on any atom is 0.167 e. The number of nitrogens with zero attached hydrogens (tertiary/aromatic N) is 1. The number of benzene rings is 1. The van der Waals surface area contributed by atoms with Crippen molar-refractivity contribution in [2.75, 3.05) is 12.4 Å². The predicted octanol–water partition coefficient (Wildman–Crippen LogP) is 2.90. The first-order valence-corrected chi connectivity index (χ1v) is 5.62. The molecule has 1 heterocycles. The summed E-state index contributed by atoms with van der Waals surface area (Å²) < 4.78 is 18.2. The van der Waals surface area contributed by atoms with E-state index in [0.29, 0.717) is 6.54 Å². The maximum absolute atomic E-state index is 13.3. The third kappa shape index (κ3) is 2.49. The van der Waals surface area contributed by atoms with Crippen LogP contribution in [0.4, 0.5) is 10.1 Å². The zero-order valence-electron chi connectivity index (χ0n) is 8.74. The predicted molar refractivity (Wildman–Crippen MR) is 62.4 cm³/mol. The maximum atomic E-state index is 13.3. The number of methoxy groups -OCH3 is 1. The summed E-state index contributed by atoms with van der Waals surface area (Å²) in [5, 5.41) is 3.11. The van der Waals surface area contributed by atoms with Crippen molar-refractivity contribution in [3.8, 4) is 5.75 Å². The first kappa shape index (κ1) is 10.9. The highest BCUT2D eigenvalue weighted by molar-refractivity contribution is 7.09. The van der Waals surface area contributed by atoms with E-state index in [0.717, 1.165) is 10.6 Å². The molecule has 5 heteroatoms. The van der Waals surface area contributed by atoms with Gasteiger partial charge in [0.25, 0.3) is 0 Å². The highest BCUT2D eigenvalue weighted by Crippen LogP contribution is 2.21. The van der Waals surface area contributed by atoms with E-state index >= 15 is 0 Å². The van der Waals surface area contributed by atoms with Crippen LogP contribution in [0.15, 0.2) is 29.9 Å². The second-order valence-electron chi connectivity index (χ2n) is 3.17. The summed E-state index contributed by atoms with van der Waals surface area (Å²) >= 11 is 1.56. The standard InChI is InChI=1S/C11H11FN2OS/c1-15-11-3-2-8(4-10(11)12)14-6-9-5-13-7-16-9/h2-5,7,14H,6H2,1H3. The van der Waals surface area contributed by atoms with E-state index in [1.807, 2.05) is 0 Å². The van der Waals surface area contributed by atoms with Crippen molar-refractivity contribution in [3.05, 3.63) is 40.6 Å². The Balaban J connectivity index is 2.02. The number of halogens is 1. The molecule has 1 aromatic carbocycles. The molecule has 0 unspecified atom stereocenters. The van der Waals surface area contributed by atoms with E-state index in [4.69, 9.17) is 4.74 Å². The number of rotatable bonds is 4. The Bertz CT molecular complexity index is 459. The molecule has 2 rings (SSSR count). The fourth-order valence-electron chi connectivity index (χ4n) is 1.29. The molecular formula is C11H11FN2OS. The van der Waals surface area contributed by atoms with Gasteiger partial charge in [-0.2, -0.15) is 0 Å². The summed E-state index contributed by atoms with van der Waals surface area (Å²) in [7, 11) is 1.45. The third-order valence-corrected chi connectivity index (χ3v) is 2.88. The van der Waals surface area contributed by atoms with Gasteiger partial charge in [0, 0.05) is 22.8 Å². The van der Waals surface area contributed by atoms with Crippen LogP contribution in [0, 0.1) is 5.82 Å². The molecule has 1 N–H and O–H groups in total. The molecule has 16 heavy (non-hydrogen) atoms. The third-order valence-electron chi connectivity index (χ3n) is 2.10. The molecule has 2 aromatic rings. The molecule has 1 aromatic heterocycles. The summed E-state index contributed by atoms with van der Waals surface area (Å²) in [5.74, 6) is -0.111. The van der Waals surface area contributed by atoms with Crippen molar-refractivity contribution in [2.45, 2.75) is 6.54 Å². The van der Waals surface area contributed by atoms with E-state index < -0.39 is 0 Å². The molecule has 0 atom stereocenters. The number of nitrogens with one attached hydrogen (secondary N) is 1. The van der Waals surface area contributed by atoms with Gasteiger partial charge in [-0.15, -0.1) is 11.3 Å². The number of aromatic nitrogens is 1. The Morgan fingerprint density at radius 3 is 3.00 bits per heavy atom. The zero-order chi connectivity index (χ0) is 11.4. The minimum absolute atomic E-state index is 0.253. The van der Waals surface area contributed by atoms with Crippen LogP contribution in [0.5, 0.6) is 5.75 Å². The minimum atomic E-state index is -0.364. The highest BCUT2D eigenvalue weighted by Gasteiger charge is 2.03. The van der Waals surface area contributed by atoms with Gasteiger partial charge in [0.05, 0.1) is 19.2 Å². The first-order valence-electron chi connectivity index (χ1n) is 4.74. The summed E-state index contributed by atoms with van der Waals surface area (Å²) in [6.45, 7) is 0.649. The van der Waals surface area contributed by atoms with E-state index in [-0.39, 0.29) is 11.6 Å². The van der Waals surface area contributed by atoms with Crippen LogP contribution < -0.4 is 10.1 Å². The number of hydrogen-bond donors (Lipinski definition) is 1. The number of ether oxygens (including phenoxy) is 1. The Hall–Kier alpha value is -1.62. The molecule has 0 aliphatic heterocycles. The van der Waals surface area contributed by atoms with Crippen molar-refractivity contribution in [1.82, 2.24) is 4.98 Å². The number of thiazole rings is 1. The fourth-order valence-corrected chi connectivity index (χ4v) is 1.83. The van der Waals surface area contributed by atoms with Crippen LogP contribution in [0.3, 0.4) is 0 Å². The van der Waals surface area contributed by atoms with Crippen LogP contribution in [0.25, 0.3) is 0 Å². The zero-order valence-corrected chi connectivity index (χ0v) is 9.55. The Labute approximate surface area is 96.9 Å².